The van der Waals surface area contributed by atoms with Crippen molar-refractivity contribution >= 4 is 26.6 Å². The molecule has 158 valence electrons. The van der Waals surface area contributed by atoms with Gasteiger partial charge in [0.15, 0.2) is 9.84 Å². The Morgan fingerprint density at radius 3 is 2.55 bits per heavy atom. The summed E-state index contributed by atoms with van der Waals surface area (Å²) in [5.41, 5.74) is 3.08. The Morgan fingerprint density at radius 2 is 1.81 bits per heavy atom. The van der Waals surface area contributed by atoms with Crippen LogP contribution >= 0.6 is 0 Å². The molecule has 0 saturated heterocycles. The van der Waals surface area contributed by atoms with Crippen LogP contribution in [0.15, 0.2) is 67.1 Å². The zero-order valence-electron chi connectivity index (χ0n) is 16.6. The molecule has 0 spiro atoms. The average Bonchev–Trinajstić information content (AvgIpc) is 3.16. The molecule has 0 atom stereocenters. The van der Waals surface area contributed by atoms with Gasteiger partial charge in [0.25, 0.3) is 5.91 Å². The van der Waals surface area contributed by atoms with Crippen molar-refractivity contribution in [1.82, 2.24) is 20.1 Å². The van der Waals surface area contributed by atoms with Crippen molar-refractivity contribution in [3.63, 3.8) is 0 Å². The first-order valence-electron chi connectivity index (χ1n) is 9.41. The number of carbonyl (C=O) groups is 1. The van der Waals surface area contributed by atoms with Gasteiger partial charge in [-0.2, -0.15) is 5.10 Å². The number of carbonyl (C=O) groups excluding carboxylic acids is 1. The number of nitrogens with one attached hydrogen (secondary N) is 1. The second kappa shape index (κ2) is 8.27. The van der Waals surface area contributed by atoms with Gasteiger partial charge in [-0.15, -0.1) is 0 Å². The molecule has 0 aliphatic carbocycles. The van der Waals surface area contributed by atoms with Gasteiger partial charge in [0.2, 0.25) is 0 Å². The zero-order valence-corrected chi connectivity index (χ0v) is 17.4. The lowest BCUT2D eigenvalue weighted by atomic mass is 10.1. The first kappa shape index (κ1) is 20.7. The topological polar surface area (TPSA) is 93.9 Å². The Hall–Kier alpha value is -3.59. The summed E-state index contributed by atoms with van der Waals surface area (Å²) in [4.78, 5) is 17.0. The molecule has 31 heavy (non-hydrogen) atoms. The molecular weight excluding hydrogens is 419 g/mol. The number of benzene rings is 2. The SMILES string of the molecule is CS(=O)(=O)Cc1cccc(CNC(=O)c2cncc3c2cnn3-c2ccc(F)cc2)c1. The number of sulfone groups is 1. The minimum Gasteiger partial charge on any atom is -0.348 e. The van der Waals surface area contributed by atoms with E-state index in [2.05, 4.69) is 15.4 Å². The van der Waals surface area contributed by atoms with E-state index in [4.69, 9.17) is 0 Å². The smallest absolute Gasteiger partial charge is 0.253 e. The lowest BCUT2D eigenvalue weighted by Gasteiger charge is -2.08. The maximum absolute atomic E-state index is 13.2. The molecule has 4 rings (SSSR count). The van der Waals surface area contributed by atoms with E-state index in [1.807, 2.05) is 6.07 Å². The third-order valence-electron chi connectivity index (χ3n) is 4.69. The summed E-state index contributed by atoms with van der Waals surface area (Å²) in [7, 11) is -3.14. The summed E-state index contributed by atoms with van der Waals surface area (Å²) in [6.45, 7) is 0.235. The lowest BCUT2D eigenvalue weighted by Crippen LogP contribution is -2.23. The number of hydrogen-bond donors (Lipinski definition) is 1. The molecule has 0 bridgehead atoms. The van der Waals surface area contributed by atoms with Gasteiger partial charge in [0, 0.05) is 24.4 Å². The number of hydrogen-bond acceptors (Lipinski definition) is 5. The fraction of sp³-hybridized carbons (Fsp3) is 0.136. The van der Waals surface area contributed by atoms with Gasteiger partial charge in [0.1, 0.15) is 5.82 Å². The fourth-order valence-electron chi connectivity index (χ4n) is 3.32. The number of aromatic nitrogens is 3. The van der Waals surface area contributed by atoms with Crippen LogP contribution in [0.5, 0.6) is 0 Å². The average molecular weight is 438 g/mol. The summed E-state index contributed by atoms with van der Waals surface area (Å²) in [6.07, 6.45) is 5.81. The van der Waals surface area contributed by atoms with Crippen LogP contribution in [0.2, 0.25) is 0 Å². The monoisotopic (exact) mass is 438 g/mol. The maximum Gasteiger partial charge on any atom is 0.253 e. The molecule has 1 N–H and O–H groups in total. The van der Waals surface area contributed by atoms with Crippen molar-refractivity contribution in [2.75, 3.05) is 6.26 Å². The van der Waals surface area contributed by atoms with Gasteiger partial charge in [-0.3, -0.25) is 9.78 Å². The van der Waals surface area contributed by atoms with Crippen LogP contribution < -0.4 is 5.32 Å². The fourth-order valence-corrected chi connectivity index (χ4v) is 4.11. The van der Waals surface area contributed by atoms with Crippen molar-refractivity contribution in [1.29, 1.82) is 0 Å². The van der Waals surface area contributed by atoms with Gasteiger partial charge in [-0.05, 0) is 35.4 Å². The van der Waals surface area contributed by atoms with Gasteiger partial charge in [-0.1, -0.05) is 24.3 Å². The van der Waals surface area contributed by atoms with Crippen LogP contribution in [0.4, 0.5) is 4.39 Å². The molecule has 0 saturated carbocycles. The molecule has 2 aromatic carbocycles. The minimum atomic E-state index is -3.14. The van der Waals surface area contributed by atoms with Crippen LogP contribution in [0.25, 0.3) is 16.6 Å². The van der Waals surface area contributed by atoms with E-state index in [0.29, 0.717) is 27.7 Å². The van der Waals surface area contributed by atoms with Gasteiger partial charge in [0.05, 0.1) is 34.9 Å². The molecule has 0 unspecified atom stereocenters. The Kier molecular flexibility index (Phi) is 5.51. The van der Waals surface area contributed by atoms with E-state index in [-0.39, 0.29) is 24.0 Å². The number of halogens is 1. The van der Waals surface area contributed by atoms with Crippen LogP contribution in [0, 0.1) is 5.82 Å². The van der Waals surface area contributed by atoms with E-state index in [0.717, 1.165) is 5.56 Å². The number of rotatable bonds is 6. The number of fused-ring (bicyclic) bond motifs is 1. The summed E-state index contributed by atoms with van der Waals surface area (Å²) < 4.78 is 37.8. The molecule has 1 amide bonds. The van der Waals surface area contributed by atoms with E-state index in [1.54, 1.807) is 47.4 Å². The highest BCUT2D eigenvalue weighted by Gasteiger charge is 2.15. The molecule has 0 fully saturated rings. The van der Waals surface area contributed by atoms with E-state index in [9.17, 15) is 17.6 Å². The Morgan fingerprint density at radius 1 is 1.06 bits per heavy atom. The van der Waals surface area contributed by atoms with E-state index >= 15 is 0 Å². The second-order valence-corrected chi connectivity index (χ2v) is 9.37. The van der Waals surface area contributed by atoms with Crippen LogP contribution in [0.3, 0.4) is 0 Å². The van der Waals surface area contributed by atoms with Gasteiger partial charge >= 0.3 is 0 Å². The molecule has 2 heterocycles. The van der Waals surface area contributed by atoms with Crippen molar-refractivity contribution < 1.29 is 17.6 Å². The quantitative estimate of drug-likeness (QED) is 0.499. The highest BCUT2D eigenvalue weighted by Crippen LogP contribution is 2.21. The molecule has 0 aliphatic heterocycles. The minimum absolute atomic E-state index is 0.0550. The first-order chi connectivity index (χ1) is 14.8. The molecule has 2 aromatic heterocycles. The summed E-state index contributed by atoms with van der Waals surface area (Å²) in [5, 5.41) is 7.77. The maximum atomic E-state index is 13.2. The van der Waals surface area contributed by atoms with Gasteiger partial charge in [-0.25, -0.2) is 17.5 Å². The highest BCUT2D eigenvalue weighted by molar-refractivity contribution is 7.89. The first-order valence-corrected chi connectivity index (χ1v) is 11.5. The van der Waals surface area contributed by atoms with Crippen molar-refractivity contribution in [3.05, 3.63) is 89.6 Å². The Labute approximate surface area is 178 Å². The normalized spacial score (nSPS) is 11.5. The van der Waals surface area contributed by atoms with Crippen LogP contribution in [-0.2, 0) is 22.1 Å². The van der Waals surface area contributed by atoms with E-state index < -0.39 is 9.84 Å². The standard InChI is InChI=1S/C22H19FN4O3S/c1-31(29,30)14-16-4-2-3-15(9-16)10-25-22(28)20-11-24-13-21-19(20)12-26-27(21)18-7-5-17(23)6-8-18/h2-9,11-13H,10,14H2,1H3,(H,25,28). The Bertz CT molecular complexity index is 1370. The highest BCUT2D eigenvalue weighted by atomic mass is 32.2. The predicted octanol–water partition coefficient (Wildman–Crippen LogP) is 3.03. The predicted molar refractivity (Wildman–Crippen MR) is 115 cm³/mol. The summed E-state index contributed by atoms with van der Waals surface area (Å²) >= 11 is 0. The third-order valence-corrected chi connectivity index (χ3v) is 5.54. The molecule has 0 radical (unpaired) electrons. The zero-order chi connectivity index (χ0) is 22.0. The summed E-state index contributed by atoms with van der Waals surface area (Å²) in [6, 6.07) is 12.9. The Balaban J connectivity index is 1.55. The number of nitrogens with zero attached hydrogens (tertiary/aromatic N) is 3. The lowest BCUT2D eigenvalue weighted by molar-refractivity contribution is 0.0952. The summed E-state index contributed by atoms with van der Waals surface area (Å²) in [5.74, 6) is -0.732. The molecule has 7 nitrogen and oxygen atoms in total. The third kappa shape index (κ3) is 4.77. The van der Waals surface area contributed by atoms with Crippen LogP contribution in [-0.4, -0.2) is 35.3 Å². The van der Waals surface area contributed by atoms with Crippen molar-refractivity contribution in [3.8, 4) is 5.69 Å². The number of pyridine rings is 1. The number of amides is 1. The second-order valence-electron chi connectivity index (χ2n) is 7.23. The van der Waals surface area contributed by atoms with Crippen molar-refractivity contribution in [2.24, 2.45) is 0 Å². The van der Waals surface area contributed by atoms with Crippen molar-refractivity contribution in [2.45, 2.75) is 12.3 Å². The van der Waals surface area contributed by atoms with E-state index in [1.165, 1.54) is 24.6 Å². The largest absolute Gasteiger partial charge is 0.348 e. The molecule has 0 aliphatic rings. The molecular formula is C22H19FN4O3S. The molecule has 9 heteroatoms. The van der Waals surface area contributed by atoms with Crippen LogP contribution in [0.1, 0.15) is 21.5 Å². The van der Waals surface area contributed by atoms with Gasteiger partial charge < -0.3 is 5.32 Å². The molecule has 4 aromatic rings.